The summed E-state index contributed by atoms with van der Waals surface area (Å²) in [5.74, 6) is 0.645. The number of anilines is 3. The Morgan fingerprint density at radius 1 is 1.21 bits per heavy atom. The molecule has 24 heavy (non-hydrogen) atoms. The van der Waals surface area contributed by atoms with Gasteiger partial charge in [0.25, 0.3) is 0 Å². The number of rotatable bonds is 4. The molecule has 0 saturated carbocycles. The fourth-order valence-corrected chi connectivity index (χ4v) is 2.45. The van der Waals surface area contributed by atoms with E-state index in [2.05, 4.69) is 15.3 Å². The fraction of sp³-hybridized carbons (Fsp3) is 0.176. The molecule has 3 N–H and O–H groups in total. The average Bonchev–Trinajstić information content (AvgIpc) is 2.52. The van der Waals surface area contributed by atoms with Crippen LogP contribution < -0.4 is 15.8 Å². The lowest BCUT2D eigenvalue weighted by atomic mass is 10.2. The van der Waals surface area contributed by atoms with Crippen LogP contribution >= 0.6 is 11.6 Å². The number of halogens is 2. The van der Waals surface area contributed by atoms with Gasteiger partial charge < -0.3 is 15.8 Å². The van der Waals surface area contributed by atoms with Crippen molar-refractivity contribution in [1.82, 2.24) is 9.97 Å². The lowest BCUT2D eigenvalue weighted by Crippen LogP contribution is -2.07. The Labute approximate surface area is 143 Å². The highest BCUT2D eigenvalue weighted by molar-refractivity contribution is 6.31. The van der Waals surface area contributed by atoms with Crippen LogP contribution in [0.3, 0.4) is 0 Å². The SMILES string of the molecule is CC(C)Oc1cc2ncnc(Nc3ccc(F)c(Cl)c3)c2cc1N. The van der Waals surface area contributed by atoms with Crippen LogP contribution in [0.1, 0.15) is 13.8 Å². The molecular formula is C17H16ClFN4O. The van der Waals surface area contributed by atoms with Gasteiger partial charge in [0.05, 0.1) is 22.3 Å². The molecule has 5 nitrogen and oxygen atoms in total. The van der Waals surface area contributed by atoms with Gasteiger partial charge in [-0.3, -0.25) is 0 Å². The van der Waals surface area contributed by atoms with Gasteiger partial charge in [0.1, 0.15) is 23.7 Å². The minimum atomic E-state index is -0.477. The molecular weight excluding hydrogens is 331 g/mol. The standard InChI is InChI=1S/C17H16ClFN4O/c1-9(2)24-16-7-15-11(6-14(16)20)17(22-8-21-15)23-10-3-4-13(19)12(18)5-10/h3-9H,20H2,1-2H3,(H,21,22,23). The Morgan fingerprint density at radius 3 is 2.71 bits per heavy atom. The van der Waals surface area contributed by atoms with Crippen LogP contribution in [0.15, 0.2) is 36.7 Å². The van der Waals surface area contributed by atoms with Gasteiger partial charge in [0, 0.05) is 17.1 Å². The zero-order valence-corrected chi connectivity index (χ0v) is 13.9. The first-order valence-electron chi connectivity index (χ1n) is 7.37. The molecule has 0 fully saturated rings. The third-order valence-corrected chi connectivity index (χ3v) is 3.60. The topological polar surface area (TPSA) is 73.1 Å². The molecule has 0 bridgehead atoms. The molecule has 0 radical (unpaired) electrons. The van der Waals surface area contributed by atoms with Crippen molar-refractivity contribution in [3.63, 3.8) is 0 Å². The van der Waals surface area contributed by atoms with E-state index in [0.717, 1.165) is 5.39 Å². The predicted octanol–water partition coefficient (Wildman–Crippen LogP) is 4.54. The molecule has 1 aromatic heterocycles. The van der Waals surface area contributed by atoms with E-state index in [1.165, 1.54) is 18.5 Å². The Morgan fingerprint density at radius 2 is 2.00 bits per heavy atom. The maximum atomic E-state index is 13.3. The third kappa shape index (κ3) is 3.33. The smallest absolute Gasteiger partial charge is 0.144 e. The van der Waals surface area contributed by atoms with Crippen molar-refractivity contribution in [3.05, 3.63) is 47.5 Å². The number of nitrogens with one attached hydrogen (secondary N) is 1. The molecule has 3 aromatic rings. The summed E-state index contributed by atoms with van der Waals surface area (Å²) in [5, 5.41) is 3.86. The number of benzene rings is 2. The minimum absolute atomic E-state index is 0.00513. The van der Waals surface area contributed by atoms with E-state index >= 15 is 0 Å². The molecule has 3 rings (SSSR count). The van der Waals surface area contributed by atoms with Crippen LogP contribution in [0, 0.1) is 5.82 Å². The number of ether oxygens (including phenoxy) is 1. The molecule has 0 unspecified atom stereocenters. The van der Waals surface area contributed by atoms with E-state index in [1.807, 2.05) is 13.8 Å². The summed E-state index contributed by atoms with van der Waals surface area (Å²) >= 11 is 5.81. The lowest BCUT2D eigenvalue weighted by molar-refractivity contribution is 0.244. The van der Waals surface area contributed by atoms with Crippen molar-refractivity contribution >= 4 is 39.7 Å². The molecule has 0 spiro atoms. The normalized spacial score (nSPS) is 11.0. The maximum absolute atomic E-state index is 13.3. The van der Waals surface area contributed by atoms with Gasteiger partial charge in [0.2, 0.25) is 0 Å². The van der Waals surface area contributed by atoms with Gasteiger partial charge in [-0.1, -0.05) is 11.6 Å². The van der Waals surface area contributed by atoms with Gasteiger partial charge in [-0.25, -0.2) is 14.4 Å². The minimum Gasteiger partial charge on any atom is -0.489 e. The highest BCUT2D eigenvalue weighted by atomic mass is 35.5. The van der Waals surface area contributed by atoms with Crippen LogP contribution in [0.2, 0.25) is 5.02 Å². The number of hydrogen-bond donors (Lipinski definition) is 2. The van der Waals surface area contributed by atoms with Crippen molar-refractivity contribution in [1.29, 1.82) is 0 Å². The summed E-state index contributed by atoms with van der Waals surface area (Å²) in [6.07, 6.45) is 1.44. The number of nitrogens with zero attached hydrogens (tertiary/aromatic N) is 2. The Bertz CT molecular complexity index is 901. The van der Waals surface area contributed by atoms with E-state index in [1.54, 1.807) is 18.2 Å². The van der Waals surface area contributed by atoms with E-state index in [-0.39, 0.29) is 11.1 Å². The monoisotopic (exact) mass is 346 g/mol. The number of nitrogens with two attached hydrogens (primary N) is 1. The van der Waals surface area contributed by atoms with Gasteiger partial charge >= 0.3 is 0 Å². The summed E-state index contributed by atoms with van der Waals surface area (Å²) < 4.78 is 19.0. The van der Waals surface area contributed by atoms with E-state index in [4.69, 9.17) is 22.1 Å². The number of hydrogen-bond acceptors (Lipinski definition) is 5. The second-order valence-electron chi connectivity index (χ2n) is 5.55. The van der Waals surface area contributed by atoms with E-state index in [9.17, 15) is 4.39 Å². The number of nitrogen functional groups attached to an aromatic ring is 1. The first-order valence-corrected chi connectivity index (χ1v) is 7.75. The summed E-state index contributed by atoms with van der Waals surface area (Å²) in [7, 11) is 0. The van der Waals surface area contributed by atoms with E-state index < -0.39 is 5.82 Å². The van der Waals surface area contributed by atoms with Crippen molar-refractivity contribution in [2.24, 2.45) is 0 Å². The van der Waals surface area contributed by atoms with Gasteiger partial charge in [-0.2, -0.15) is 0 Å². The third-order valence-electron chi connectivity index (χ3n) is 3.31. The number of fused-ring (bicyclic) bond motifs is 1. The molecule has 7 heteroatoms. The second kappa shape index (κ2) is 6.49. The zero-order chi connectivity index (χ0) is 17.3. The van der Waals surface area contributed by atoms with Gasteiger partial charge in [-0.05, 0) is 38.1 Å². The number of aromatic nitrogens is 2. The Kier molecular flexibility index (Phi) is 4.40. The highest BCUT2D eigenvalue weighted by Gasteiger charge is 2.11. The summed E-state index contributed by atoms with van der Waals surface area (Å²) in [5.41, 5.74) is 7.85. The van der Waals surface area contributed by atoms with Crippen molar-refractivity contribution in [3.8, 4) is 5.75 Å². The Hall–Kier alpha value is -2.60. The highest BCUT2D eigenvalue weighted by Crippen LogP contribution is 2.32. The van der Waals surface area contributed by atoms with Crippen molar-refractivity contribution in [2.75, 3.05) is 11.1 Å². The molecule has 0 aliphatic rings. The van der Waals surface area contributed by atoms with Gasteiger partial charge in [-0.15, -0.1) is 0 Å². The molecule has 124 valence electrons. The molecule has 0 aliphatic carbocycles. The van der Waals surface area contributed by atoms with Crippen molar-refractivity contribution < 1.29 is 9.13 Å². The lowest BCUT2D eigenvalue weighted by Gasteiger charge is -2.14. The van der Waals surface area contributed by atoms with Crippen LogP contribution in [0.4, 0.5) is 21.6 Å². The summed E-state index contributed by atoms with van der Waals surface area (Å²) in [6, 6.07) is 7.88. The van der Waals surface area contributed by atoms with Crippen molar-refractivity contribution in [2.45, 2.75) is 20.0 Å². The summed E-state index contributed by atoms with van der Waals surface area (Å²) in [4.78, 5) is 8.48. The molecule has 0 atom stereocenters. The second-order valence-corrected chi connectivity index (χ2v) is 5.96. The maximum Gasteiger partial charge on any atom is 0.144 e. The molecule has 2 aromatic carbocycles. The zero-order valence-electron chi connectivity index (χ0n) is 13.2. The van der Waals surface area contributed by atoms with Crippen LogP contribution in [0.5, 0.6) is 5.75 Å². The van der Waals surface area contributed by atoms with E-state index in [0.29, 0.717) is 28.5 Å². The quantitative estimate of drug-likeness (QED) is 0.679. The Balaban J connectivity index is 2.02. The fourth-order valence-electron chi connectivity index (χ4n) is 2.27. The molecule has 0 aliphatic heterocycles. The molecule has 0 saturated heterocycles. The first kappa shape index (κ1) is 16.3. The van der Waals surface area contributed by atoms with Crippen LogP contribution in [-0.4, -0.2) is 16.1 Å². The molecule has 1 heterocycles. The van der Waals surface area contributed by atoms with Crippen LogP contribution in [-0.2, 0) is 0 Å². The summed E-state index contributed by atoms with van der Waals surface area (Å²) in [6.45, 7) is 3.85. The first-order chi connectivity index (χ1) is 11.4. The average molecular weight is 347 g/mol. The largest absolute Gasteiger partial charge is 0.489 e. The van der Waals surface area contributed by atoms with Crippen LogP contribution in [0.25, 0.3) is 10.9 Å². The van der Waals surface area contributed by atoms with Gasteiger partial charge in [0.15, 0.2) is 0 Å². The predicted molar refractivity (Wildman–Crippen MR) is 94.4 cm³/mol. The molecule has 0 amide bonds.